The van der Waals surface area contributed by atoms with Crippen LogP contribution in [0.25, 0.3) is 0 Å². The third kappa shape index (κ3) is 9.03. The van der Waals surface area contributed by atoms with Gasteiger partial charge in [0.15, 0.2) is 0 Å². The van der Waals surface area contributed by atoms with Gasteiger partial charge in [0.2, 0.25) is 11.8 Å². The molecule has 228 valence electrons. The van der Waals surface area contributed by atoms with E-state index in [4.69, 9.17) is 0 Å². The molecule has 42 heavy (non-hydrogen) atoms. The van der Waals surface area contributed by atoms with Gasteiger partial charge in [-0.15, -0.1) is 0 Å². The fourth-order valence-electron chi connectivity index (χ4n) is 5.70. The molecule has 2 aliphatic rings. The highest BCUT2D eigenvalue weighted by Gasteiger charge is 2.27. The van der Waals surface area contributed by atoms with Gasteiger partial charge in [0.1, 0.15) is 0 Å². The Hall–Kier alpha value is -3.43. The van der Waals surface area contributed by atoms with E-state index in [1.807, 2.05) is 36.4 Å². The average molecular weight is 578 g/mol. The molecule has 0 radical (unpaired) electrons. The summed E-state index contributed by atoms with van der Waals surface area (Å²) in [5.41, 5.74) is 2.87. The second kappa shape index (κ2) is 15.7. The molecule has 5 N–H and O–H groups in total. The topological polar surface area (TPSA) is 123 Å². The Morgan fingerprint density at radius 2 is 1.81 bits per heavy atom. The molecule has 9 nitrogen and oxygen atoms in total. The number of carbonyl (C=O) groups excluding carboxylic acids is 3. The van der Waals surface area contributed by atoms with Gasteiger partial charge >= 0.3 is 0 Å². The molecule has 1 saturated carbocycles. The van der Waals surface area contributed by atoms with Crippen molar-refractivity contribution in [1.29, 1.82) is 0 Å². The lowest BCUT2D eigenvalue weighted by Gasteiger charge is -2.28. The number of nitrogens with one attached hydrogen (secondary N) is 4. The predicted octanol–water partition coefficient (Wildman–Crippen LogP) is 3.76. The van der Waals surface area contributed by atoms with Crippen molar-refractivity contribution in [2.24, 2.45) is 0 Å². The Morgan fingerprint density at radius 1 is 1.05 bits per heavy atom. The smallest absolute Gasteiger partial charge is 0.251 e. The van der Waals surface area contributed by atoms with Crippen LogP contribution in [0.1, 0.15) is 81.1 Å². The summed E-state index contributed by atoms with van der Waals surface area (Å²) in [5, 5.41) is 24.0. The van der Waals surface area contributed by atoms with E-state index < -0.39 is 18.2 Å². The molecule has 2 aromatic carbocycles. The zero-order valence-corrected chi connectivity index (χ0v) is 25.0. The third-order valence-electron chi connectivity index (χ3n) is 8.20. The second-order valence-corrected chi connectivity index (χ2v) is 11.7. The fraction of sp³-hybridized carbons (Fsp3) is 0.545. The van der Waals surface area contributed by atoms with Crippen LogP contribution in [0.4, 0.5) is 11.4 Å². The van der Waals surface area contributed by atoms with Crippen molar-refractivity contribution in [3.05, 3.63) is 59.7 Å². The van der Waals surface area contributed by atoms with E-state index in [9.17, 15) is 19.5 Å². The van der Waals surface area contributed by atoms with Gasteiger partial charge in [0.25, 0.3) is 5.91 Å². The first-order valence-corrected chi connectivity index (χ1v) is 15.6. The minimum atomic E-state index is -0.944. The van der Waals surface area contributed by atoms with Crippen molar-refractivity contribution < 1.29 is 19.5 Å². The summed E-state index contributed by atoms with van der Waals surface area (Å²) < 4.78 is 0. The molecule has 2 aromatic rings. The molecule has 1 aliphatic carbocycles. The van der Waals surface area contributed by atoms with E-state index >= 15 is 0 Å². The molecule has 3 atom stereocenters. The van der Waals surface area contributed by atoms with Gasteiger partial charge < -0.3 is 31.3 Å². The molecule has 1 aliphatic heterocycles. The number of aliphatic hydroxyl groups is 1. The molecule has 0 spiro atoms. The van der Waals surface area contributed by atoms with Crippen LogP contribution in [0.3, 0.4) is 0 Å². The highest BCUT2D eigenvalue weighted by molar-refractivity contribution is 6.00. The highest BCUT2D eigenvalue weighted by Crippen LogP contribution is 2.27. The van der Waals surface area contributed by atoms with E-state index in [0.29, 0.717) is 30.6 Å². The molecule has 1 heterocycles. The number of carbonyl (C=O) groups is 3. The average Bonchev–Trinajstić information content (AvgIpc) is 3.44. The van der Waals surface area contributed by atoms with Crippen LogP contribution >= 0.6 is 0 Å². The Labute approximate surface area is 249 Å². The van der Waals surface area contributed by atoms with Crippen molar-refractivity contribution in [3.63, 3.8) is 0 Å². The van der Waals surface area contributed by atoms with Gasteiger partial charge in [-0.25, -0.2) is 0 Å². The normalized spacial score (nSPS) is 17.9. The Balaban J connectivity index is 1.46. The maximum Gasteiger partial charge on any atom is 0.251 e. The molecule has 0 aromatic heterocycles. The molecule has 1 saturated heterocycles. The minimum Gasteiger partial charge on any atom is -0.390 e. The number of nitrogens with zero attached hydrogens (tertiary/aromatic N) is 1. The number of aliphatic hydroxyl groups excluding tert-OH is 1. The molecular weight excluding hydrogens is 530 g/mol. The lowest BCUT2D eigenvalue weighted by atomic mass is 9.95. The SMILES string of the molecule is CCCNc1cc(C(=O)N[C@@H](Cc2ccccc2)[C@@H](O)CN[C@@H](C)C(=O)NC2CCCCC2)cc(N2CCCC2=O)c1. The standard InChI is InChI=1S/C33H47N5O4/c1-3-16-34-27-19-25(20-28(21-27)38-17-10-15-31(38)40)33(42)37-29(18-24-11-6-4-7-12-24)30(39)22-35-23(2)32(41)36-26-13-8-5-9-14-26/h4,6-7,11-12,19-21,23,26,29-30,34-35,39H,3,5,8-10,13-18,22H2,1-2H3,(H,36,41)(H,37,42)/t23-,29-,30-/m0/s1. The zero-order chi connectivity index (χ0) is 29.9. The second-order valence-electron chi connectivity index (χ2n) is 11.7. The van der Waals surface area contributed by atoms with Gasteiger partial charge in [-0.3, -0.25) is 14.4 Å². The van der Waals surface area contributed by atoms with E-state index in [0.717, 1.165) is 56.3 Å². The largest absolute Gasteiger partial charge is 0.390 e. The summed E-state index contributed by atoms with van der Waals surface area (Å²) in [6.07, 6.45) is 7.21. The number of benzene rings is 2. The maximum absolute atomic E-state index is 13.7. The fourth-order valence-corrected chi connectivity index (χ4v) is 5.70. The maximum atomic E-state index is 13.7. The summed E-state index contributed by atoms with van der Waals surface area (Å²) in [7, 11) is 0. The lowest BCUT2D eigenvalue weighted by Crippen LogP contribution is -2.53. The Morgan fingerprint density at radius 3 is 2.50 bits per heavy atom. The molecule has 3 amide bonds. The Bertz CT molecular complexity index is 1180. The summed E-state index contributed by atoms with van der Waals surface area (Å²) in [6.45, 7) is 5.38. The van der Waals surface area contributed by atoms with Crippen LogP contribution in [-0.2, 0) is 16.0 Å². The number of hydrogen-bond acceptors (Lipinski definition) is 6. The first-order chi connectivity index (χ1) is 20.3. The Kier molecular flexibility index (Phi) is 11.8. The zero-order valence-electron chi connectivity index (χ0n) is 25.0. The lowest BCUT2D eigenvalue weighted by molar-refractivity contribution is -0.123. The quantitative estimate of drug-likeness (QED) is 0.233. The van der Waals surface area contributed by atoms with Crippen LogP contribution < -0.4 is 26.2 Å². The van der Waals surface area contributed by atoms with Crippen LogP contribution in [0.15, 0.2) is 48.5 Å². The predicted molar refractivity (Wildman–Crippen MR) is 167 cm³/mol. The minimum absolute atomic E-state index is 0.0547. The molecule has 4 rings (SSSR count). The van der Waals surface area contributed by atoms with Crippen molar-refractivity contribution in [2.75, 3.05) is 29.9 Å². The highest BCUT2D eigenvalue weighted by atomic mass is 16.3. The summed E-state index contributed by atoms with van der Waals surface area (Å²) in [5.74, 6) is -0.344. The number of rotatable bonds is 14. The summed E-state index contributed by atoms with van der Waals surface area (Å²) in [4.78, 5) is 40.6. The van der Waals surface area contributed by atoms with Gasteiger partial charge in [-0.05, 0) is 62.8 Å². The third-order valence-corrected chi connectivity index (χ3v) is 8.20. The molecule has 0 bridgehead atoms. The van der Waals surface area contributed by atoms with Crippen LogP contribution in [0.2, 0.25) is 0 Å². The molecule has 9 heteroatoms. The first-order valence-electron chi connectivity index (χ1n) is 15.6. The number of anilines is 2. The van der Waals surface area contributed by atoms with Gasteiger partial charge in [0.05, 0.1) is 18.2 Å². The van der Waals surface area contributed by atoms with Crippen LogP contribution in [0, 0.1) is 0 Å². The van der Waals surface area contributed by atoms with Crippen LogP contribution in [-0.4, -0.2) is 66.7 Å². The first kappa shape index (κ1) is 31.5. The van der Waals surface area contributed by atoms with E-state index in [2.05, 4.69) is 28.2 Å². The molecular formula is C33H47N5O4. The van der Waals surface area contributed by atoms with Crippen molar-refractivity contribution in [2.45, 2.75) is 95.9 Å². The van der Waals surface area contributed by atoms with Gasteiger partial charge in [0, 0.05) is 49.0 Å². The molecule has 2 fully saturated rings. The molecule has 0 unspecified atom stereocenters. The van der Waals surface area contributed by atoms with E-state index in [1.54, 1.807) is 24.0 Å². The monoisotopic (exact) mass is 577 g/mol. The van der Waals surface area contributed by atoms with Gasteiger partial charge in [-0.2, -0.15) is 0 Å². The van der Waals surface area contributed by atoms with E-state index in [1.165, 1.54) is 6.42 Å². The van der Waals surface area contributed by atoms with Crippen molar-refractivity contribution in [3.8, 4) is 0 Å². The number of amides is 3. The number of hydrogen-bond donors (Lipinski definition) is 5. The van der Waals surface area contributed by atoms with Crippen molar-refractivity contribution >= 4 is 29.1 Å². The van der Waals surface area contributed by atoms with Crippen molar-refractivity contribution in [1.82, 2.24) is 16.0 Å². The van der Waals surface area contributed by atoms with Crippen LogP contribution in [0.5, 0.6) is 0 Å². The summed E-state index contributed by atoms with van der Waals surface area (Å²) >= 11 is 0. The summed E-state index contributed by atoms with van der Waals surface area (Å²) in [6, 6.07) is 14.3. The van der Waals surface area contributed by atoms with Gasteiger partial charge in [-0.1, -0.05) is 56.5 Å². The van der Waals surface area contributed by atoms with E-state index in [-0.39, 0.29) is 30.3 Å².